The molecule has 26 heavy (non-hydrogen) atoms. The first-order chi connectivity index (χ1) is 12.3. The van der Waals surface area contributed by atoms with Gasteiger partial charge in [0.2, 0.25) is 0 Å². The Kier molecular flexibility index (Phi) is 5.25. The molecular weight excluding hydrogens is 332 g/mol. The number of hydrogen-bond acceptors (Lipinski definition) is 4. The van der Waals surface area contributed by atoms with Gasteiger partial charge in [0, 0.05) is 37.7 Å². The Bertz CT molecular complexity index is 661. The second-order valence-corrected chi connectivity index (χ2v) is 7.97. The molecule has 1 atom stereocenters. The van der Waals surface area contributed by atoms with E-state index in [-0.39, 0.29) is 18.0 Å². The maximum atomic E-state index is 12.7. The van der Waals surface area contributed by atoms with Gasteiger partial charge in [0.1, 0.15) is 11.3 Å². The van der Waals surface area contributed by atoms with Gasteiger partial charge in [-0.1, -0.05) is 27.2 Å². The van der Waals surface area contributed by atoms with Gasteiger partial charge in [0.25, 0.3) is 5.91 Å². The summed E-state index contributed by atoms with van der Waals surface area (Å²) in [5.41, 5.74) is 0.989. The van der Waals surface area contributed by atoms with Crippen LogP contribution in [-0.2, 0) is 4.74 Å². The summed E-state index contributed by atoms with van der Waals surface area (Å²) < 4.78 is 5.77. The number of ether oxygens (including phenoxy) is 1. The van der Waals surface area contributed by atoms with E-state index in [9.17, 15) is 9.59 Å². The van der Waals surface area contributed by atoms with Gasteiger partial charge in [-0.25, -0.2) is 4.79 Å². The molecule has 0 aromatic carbocycles. The summed E-state index contributed by atoms with van der Waals surface area (Å²) in [5, 5.41) is 7.10. The summed E-state index contributed by atoms with van der Waals surface area (Å²) in [6, 6.07) is 2.03. The van der Waals surface area contributed by atoms with Crippen molar-refractivity contribution in [1.29, 1.82) is 0 Å². The first-order valence-corrected chi connectivity index (χ1v) is 9.69. The molecule has 1 unspecified atom stereocenters. The summed E-state index contributed by atoms with van der Waals surface area (Å²) in [4.78, 5) is 28.6. The predicted octanol–water partition coefficient (Wildman–Crippen LogP) is 3.15. The van der Waals surface area contributed by atoms with E-state index in [4.69, 9.17) is 4.74 Å². The van der Waals surface area contributed by atoms with Gasteiger partial charge in [-0.15, -0.1) is 0 Å². The van der Waals surface area contributed by atoms with Gasteiger partial charge in [-0.2, -0.15) is 5.10 Å². The van der Waals surface area contributed by atoms with Crippen LogP contribution in [0.1, 0.15) is 75.5 Å². The molecule has 1 spiro atoms. The normalized spacial score (nSPS) is 20.7. The molecule has 144 valence electrons. The van der Waals surface area contributed by atoms with Gasteiger partial charge in [-0.05, 0) is 25.3 Å². The summed E-state index contributed by atoms with van der Waals surface area (Å²) in [6.07, 6.45) is 3.18. The van der Waals surface area contributed by atoms with E-state index in [0.717, 1.165) is 18.5 Å². The average molecular weight is 362 g/mol. The molecule has 7 heteroatoms. The van der Waals surface area contributed by atoms with E-state index in [2.05, 4.69) is 37.9 Å². The minimum absolute atomic E-state index is 0.0523. The molecule has 1 aromatic heterocycles. The highest BCUT2D eigenvalue weighted by molar-refractivity contribution is 5.92. The highest BCUT2D eigenvalue weighted by Gasteiger charge is 2.48. The molecule has 2 aliphatic heterocycles. The molecule has 1 aromatic rings. The summed E-state index contributed by atoms with van der Waals surface area (Å²) in [5.74, 6) is 0.256. The molecule has 2 aliphatic rings. The number of nitrogens with zero attached hydrogens (tertiary/aromatic N) is 3. The number of rotatable bonds is 5. The Balaban J connectivity index is 1.60. The van der Waals surface area contributed by atoms with Crippen molar-refractivity contribution in [3.8, 4) is 0 Å². The molecule has 0 saturated carbocycles. The van der Waals surface area contributed by atoms with E-state index in [1.54, 1.807) is 0 Å². The zero-order chi connectivity index (χ0) is 18.9. The zero-order valence-corrected chi connectivity index (χ0v) is 16.2. The van der Waals surface area contributed by atoms with Crippen LogP contribution in [0.4, 0.5) is 4.79 Å². The van der Waals surface area contributed by atoms with Gasteiger partial charge >= 0.3 is 6.09 Å². The van der Waals surface area contributed by atoms with Crippen LogP contribution in [0.3, 0.4) is 0 Å². The fraction of sp³-hybridized carbons (Fsp3) is 0.737. The number of nitrogens with one attached hydrogen (secondary N) is 1. The van der Waals surface area contributed by atoms with E-state index in [0.29, 0.717) is 44.1 Å². The van der Waals surface area contributed by atoms with Crippen LogP contribution in [0.25, 0.3) is 0 Å². The maximum absolute atomic E-state index is 12.7. The molecule has 2 amide bonds. The molecule has 0 aliphatic carbocycles. The van der Waals surface area contributed by atoms with Crippen LogP contribution >= 0.6 is 0 Å². The maximum Gasteiger partial charge on any atom is 0.410 e. The van der Waals surface area contributed by atoms with Crippen LogP contribution < -0.4 is 0 Å². The molecule has 2 fully saturated rings. The third-order valence-corrected chi connectivity index (χ3v) is 5.64. The van der Waals surface area contributed by atoms with Crippen molar-refractivity contribution in [2.24, 2.45) is 0 Å². The van der Waals surface area contributed by atoms with E-state index < -0.39 is 5.60 Å². The number of carbonyl (C=O) groups is 2. The zero-order valence-electron chi connectivity index (χ0n) is 16.2. The van der Waals surface area contributed by atoms with Crippen LogP contribution in [-0.4, -0.2) is 63.3 Å². The number of piperidine rings is 1. The molecule has 0 bridgehead atoms. The fourth-order valence-corrected chi connectivity index (χ4v) is 3.84. The van der Waals surface area contributed by atoms with Gasteiger partial charge < -0.3 is 14.5 Å². The number of amides is 2. The number of aromatic amines is 1. The molecule has 3 rings (SSSR count). The third-order valence-electron chi connectivity index (χ3n) is 5.64. The molecule has 7 nitrogen and oxygen atoms in total. The minimum Gasteiger partial charge on any atom is -0.441 e. The lowest BCUT2D eigenvalue weighted by Crippen LogP contribution is -2.49. The monoisotopic (exact) mass is 362 g/mol. The molecule has 1 N–H and O–H groups in total. The highest BCUT2D eigenvalue weighted by atomic mass is 16.6. The Morgan fingerprint density at radius 1 is 1.35 bits per heavy atom. The van der Waals surface area contributed by atoms with Crippen molar-refractivity contribution in [3.63, 3.8) is 0 Å². The van der Waals surface area contributed by atoms with E-state index in [1.165, 1.54) is 0 Å². The second kappa shape index (κ2) is 7.29. The van der Waals surface area contributed by atoms with Crippen molar-refractivity contribution in [1.82, 2.24) is 20.0 Å². The first kappa shape index (κ1) is 18.7. The summed E-state index contributed by atoms with van der Waals surface area (Å²) >= 11 is 0. The Morgan fingerprint density at radius 3 is 2.62 bits per heavy atom. The second-order valence-electron chi connectivity index (χ2n) is 7.97. The number of H-pyrrole nitrogens is 1. The van der Waals surface area contributed by atoms with Crippen molar-refractivity contribution in [3.05, 3.63) is 17.5 Å². The average Bonchev–Trinajstić information content (AvgIpc) is 3.21. The summed E-state index contributed by atoms with van der Waals surface area (Å²) in [6.45, 7) is 10.1. The minimum atomic E-state index is -0.440. The predicted molar refractivity (Wildman–Crippen MR) is 98.1 cm³/mol. The number of hydrogen-bond donors (Lipinski definition) is 1. The lowest BCUT2D eigenvalue weighted by atomic mass is 9.90. The molecule has 3 heterocycles. The Hall–Kier alpha value is -2.05. The molecular formula is C19H30N4O3. The Morgan fingerprint density at radius 2 is 2.04 bits per heavy atom. The topological polar surface area (TPSA) is 78.5 Å². The molecule has 0 radical (unpaired) electrons. The largest absolute Gasteiger partial charge is 0.441 e. The SMILES string of the molecule is CCCC(C)N1CC2(CCN(C(=O)c3cc(C(C)C)[nH]n3)CC2)OC1=O. The van der Waals surface area contributed by atoms with Crippen molar-refractivity contribution < 1.29 is 14.3 Å². The number of likely N-dealkylation sites (tertiary alicyclic amines) is 1. The smallest absolute Gasteiger partial charge is 0.410 e. The van der Waals surface area contributed by atoms with Crippen LogP contribution in [0.5, 0.6) is 0 Å². The van der Waals surface area contributed by atoms with E-state index >= 15 is 0 Å². The lowest BCUT2D eigenvalue weighted by molar-refractivity contribution is 0.00290. The quantitative estimate of drug-likeness (QED) is 0.873. The van der Waals surface area contributed by atoms with Crippen LogP contribution in [0, 0.1) is 0 Å². The van der Waals surface area contributed by atoms with Crippen molar-refractivity contribution in [2.45, 2.75) is 70.9 Å². The van der Waals surface area contributed by atoms with Gasteiger partial charge in [0.15, 0.2) is 0 Å². The van der Waals surface area contributed by atoms with Crippen LogP contribution in [0.15, 0.2) is 6.07 Å². The van der Waals surface area contributed by atoms with Crippen molar-refractivity contribution >= 4 is 12.0 Å². The number of aromatic nitrogens is 2. The third kappa shape index (κ3) is 3.57. The highest BCUT2D eigenvalue weighted by Crippen LogP contribution is 2.35. The van der Waals surface area contributed by atoms with Crippen molar-refractivity contribution in [2.75, 3.05) is 19.6 Å². The van der Waals surface area contributed by atoms with Crippen LogP contribution in [0.2, 0.25) is 0 Å². The Labute approximate surface area is 155 Å². The standard InChI is InChI=1S/C19H30N4O3/c1-5-6-14(4)23-12-19(26-18(23)25)7-9-22(10-8-19)17(24)16-11-15(13(2)3)20-21-16/h11,13-14H,5-10,12H2,1-4H3,(H,20,21). The number of carbonyl (C=O) groups excluding carboxylic acids is 2. The fourth-order valence-electron chi connectivity index (χ4n) is 3.84. The molecule has 2 saturated heterocycles. The summed E-state index contributed by atoms with van der Waals surface area (Å²) in [7, 11) is 0. The van der Waals surface area contributed by atoms with Gasteiger partial charge in [-0.3, -0.25) is 9.89 Å². The van der Waals surface area contributed by atoms with Gasteiger partial charge in [0.05, 0.1) is 6.54 Å². The van der Waals surface area contributed by atoms with E-state index in [1.807, 2.05) is 15.9 Å². The lowest BCUT2D eigenvalue weighted by Gasteiger charge is -2.37. The first-order valence-electron chi connectivity index (χ1n) is 9.69.